The van der Waals surface area contributed by atoms with Gasteiger partial charge in [-0.1, -0.05) is 0 Å². The Bertz CT molecular complexity index is 1230. The van der Waals surface area contributed by atoms with Gasteiger partial charge in [0.25, 0.3) is 0 Å². The van der Waals surface area contributed by atoms with Gasteiger partial charge in [-0.25, -0.2) is 18.2 Å². The highest BCUT2D eigenvalue weighted by molar-refractivity contribution is 5.88. The number of carbonyl (C=O) groups excluding carboxylic acids is 1. The number of nitrogens with zero attached hydrogens (tertiary/aromatic N) is 4. The highest BCUT2D eigenvalue weighted by Crippen LogP contribution is 2.74. The van der Waals surface area contributed by atoms with Gasteiger partial charge in [0.15, 0.2) is 0 Å². The first kappa shape index (κ1) is 18.6. The molecule has 158 valence electrons. The van der Waals surface area contributed by atoms with E-state index in [1.165, 1.54) is 29.3 Å². The van der Waals surface area contributed by atoms with Crippen LogP contribution in [-0.2, 0) is 11.3 Å². The van der Waals surface area contributed by atoms with Gasteiger partial charge in [-0.05, 0) is 54.5 Å². The summed E-state index contributed by atoms with van der Waals surface area (Å²) in [5.74, 6) is -1.72. The zero-order valence-corrected chi connectivity index (χ0v) is 16.6. The van der Waals surface area contributed by atoms with Crippen LogP contribution in [0.2, 0.25) is 0 Å². The van der Waals surface area contributed by atoms with Crippen LogP contribution in [0.15, 0.2) is 47.7 Å². The molecule has 1 aliphatic heterocycles. The molecule has 8 heteroatoms. The Morgan fingerprint density at radius 2 is 1.77 bits per heavy atom. The Kier molecular flexibility index (Phi) is 3.71. The molecule has 3 fully saturated rings. The number of hydrogen-bond donors (Lipinski definition) is 0. The van der Waals surface area contributed by atoms with Crippen LogP contribution in [0.25, 0.3) is 10.9 Å². The Balaban J connectivity index is 1.17. The van der Waals surface area contributed by atoms with Gasteiger partial charge in [-0.3, -0.25) is 9.48 Å². The van der Waals surface area contributed by atoms with Gasteiger partial charge in [0.2, 0.25) is 5.91 Å². The second kappa shape index (κ2) is 6.18. The fourth-order valence-electron chi connectivity index (χ4n) is 5.75. The van der Waals surface area contributed by atoms with E-state index in [-0.39, 0.29) is 17.1 Å². The molecular formula is C23H19F3N4O. The van der Waals surface area contributed by atoms with E-state index >= 15 is 0 Å². The van der Waals surface area contributed by atoms with Crippen LogP contribution < -0.4 is 0 Å². The second-order valence-electron chi connectivity index (χ2n) is 9.24. The Hall–Kier alpha value is -3.16. The molecule has 4 aliphatic rings. The molecule has 0 radical (unpaired) electrons. The van der Waals surface area contributed by atoms with E-state index < -0.39 is 23.1 Å². The van der Waals surface area contributed by atoms with E-state index in [1.54, 1.807) is 12.3 Å². The SMILES string of the molecule is O=C(N1N=CCC1c1cc(F)cc(F)c1)C12CC(Cn3cc4ccc(F)cc4n3)(C1)C2. The highest BCUT2D eigenvalue weighted by Gasteiger charge is 2.72. The number of fused-ring (bicyclic) bond motifs is 1. The molecule has 1 aromatic heterocycles. The summed E-state index contributed by atoms with van der Waals surface area (Å²) in [4.78, 5) is 13.3. The van der Waals surface area contributed by atoms with Crippen molar-refractivity contribution in [3.8, 4) is 0 Å². The number of benzene rings is 2. The molecule has 2 bridgehead atoms. The minimum atomic E-state index is -0.662. The third-order valence-corrected chi connectivity index (χ3v) is 6.92. The molecule has 5 nitrogen and oxygen atoms in total. The van der Waals surface area contributed by atoms with Gasteiger partial charge in [-0.2, -0.15) is 10.2 Å². The number of aromatic nitrogens is 2. The van der Waals surface area contributed by atoms with Gasteiger partial charge in [-0.15, -0.1) is 0 Å². The van der Waals surface area contributed by atoms with Crippen molar-refractivity contribution in [3.63, 3.8) is 0 Å². The summed E-state index contributed by atoms with van der Waals surface area (Å²) in [6.45, 7) is 0.681. The maximum Gasteiger partial charge on any atom is 0.249 e. The van der Waals surface area contributed by atoms with Gasteiger partial charge >= 0.3 is 0 Å². The molecule has 7 rings (SSSR count). The summed E-state index contributed by atoms with van der Waals surface area (Å²) >= 11 is 0. The number of rotatable bonds is 4. The van der Waals surface area contributed by atoms with Crippen LogP contribution >= 0.6 is 0 Å². The van der Waals surface area contributed by atoms with Crippen molar-refractivity contribution >= 4 is 23.0 Å². The summed E-state index contributed by atoms with van der Waals surface area (Å²) in [5.41, 5.74) is 0.596. The van der Waals surface area contributed by atoms with E-state index in [0.29, 0.717) is 24.0 Å². The first-order valence-corrected chi connectivity index (χ1v) is 10.3. The molecule has 0 spiro atoms. The highest BCUT2D eigenvalue weighted by atomic mass is 19.1. The minimum Gasteiger partial charge on any atom is -0.272 e. The van der Waals surface area contributed by atoms with Crippen molar-refractivity contribution in [2.45, 2.75) is 38.3 Å². The fraction of sp³-hybridized carbons (Fsp3) is 0.348. The standard InChI is InChI=1S/C23H19F3N4O/c24-16-2-1-14-9-29(28-19(14)8-16)13-22-10-23(11-22,12-22)21(31)30-20(3-4-27-30)15-5-17(25)7-18(26)6-15/h1-2,4-9,20H,3,10-13H2. The number of hydrogen-bond acceptors (Lipinski definition) is 3. The molecule has 1 amide bonds. The number of carbonyl (C=O) groups is 1. The lowest BCUT2D eigenvalue weighted by Crippen LogP contribution is -2.68. The van der Waals surface area contributed by atoms with Crippen molar-refractivity contribution < 1.29 is 18.0 Å². The smallest absolute Gasteiger partial charge is 0.249 e. The van der Waals surface area contributed by atoms with Crippen molar-refractivity contribution in [2.24, 2.45) is 15.9 Å². The predicted molar refractivity (Wildman–Crippen MR) is 107 cm³/mol. The molecule has 2 aromatic carbocycles. The normalized spacial score (nSPS) is 28.6. The molecule has 1 unspecified atom stereocenters. The monoisotopic (exact) mass is 424 g/mol. The lowest BCUT2D eigenvalue weighted by Gasteiger charge is -2.69. The maximum atomic E-state index is 13.7. The van der Waals surface area contributed by atoms with Crippen molar-refractivity contribution in [1.29, 1.82) is 0 Å². The van der Waals surface area contributed by atoms with Gasteiger partial charge < -0.3 is 0 Å². The van der Waals surface area contributed by atoms with Gasteiger partial charge in [0, 0.05) is 42.9 Å². The number of hydrazone groups is 1. The molecule has 0 saturated heterocycles. The molecule has 0 N–H and O–H groups in total. The van der Waals surface area contributed by atoms with Crippen LogP contribution in [0.3, 0.4) is 0 Å². The Morgan fingerprint density at radius 3 is 2.52 bits per heavy atom. The maximum absolute atomic E-state index is 13.7. The summed E-state index contributed by atoms with van der Waals surface area (Å²) < 4.78 is 42.6. The van der Waals surface area contributed by atoms with Crippen molar-refractivity contribution in [2.75, 3.05) is 0 Å². The Morgan fingerprint density at radius 1 is 1.03 bits per heavy atom. The molecule has 31 heavy (non-hydrogen) atoms. The lowest BCUT2D eigenvalue weighted by atomic mass is 9.34. The molecule has 2 heterocycles. The first-order valence-electron chi connectivity index (χ1n) is 10.3. The van der Waals surface area contributed by atoms with E-state index in [9.17, 15) is 18.0 Å². The largest absolute Gasteiger partial charge is 0.272 e. The molecule has 3 aliphatic carbocycles. The number of amides is 1. The average Bonchev–Trinajstić information content (AvgIpc) is 3.28. The van der Waals surface area contributed by atoms with Crippen LogP contribution in [0, 0.1) is 28.3 Å². The van der Waals surface area contributed by atoms with E-state index in [0.717, 1.165) is 30.7 Å². The second-order valence-corrected chi connectivity index (χ2v) is 9.24. The van der Waals surface area contributed by atoms with E-state index in [4.69, 9.17) is 0 Å². The van der Waals surface area contributed by atoms with Gasteiger partial charge in [0.05, 0.1) is 17.0 Å². The van der Waals surface area contributed by atoms with Crippen LogP contribution in [0.4, 0.5) is 13.2 Å². The third kappa shape index (κ3) is 2.80. The fourth-order valence-corrected chi connectivity index (χ4v) is 5.75. The quantitative estimate of drug-likeness (QED) is 0.616. The Labute approximate surface area is 176 Å². The minimum absolute atomic E-state index is 0.0140. The molecule has 3 saturated carbocycles. The summed E-state index contributed by atoms with van der Waals surface area (Å²) in [6.07, 6.45) is 6.18. The van der Waals surface area contributed by atoms with Crippen molar-refractivity contribution in [3.05, 3.63) is 65.6 Å². The van der Waals surface area contributed by atoms with E-state index in [2.05, 4.69) is 10.2 Å². The summed E-state index contributed by atoms with van der Waals surface area (Å²) in [5, 5.41) is 11.0. The third-order valence-electron chi connectivity index (χ3n) is 6.92. The first-order chi connectivity index (χ1) is 14.8. The zero-order chi connectivity index (χ0) is 21.4. The van der Waals surface area contributed by atoms with Crippen LogP contribution in [-0.4, -0.2) is 26.9 Å². The van der Waals surface area contributed by atoms with Gasteiger partial charge in [0.1, 0.15) is 17.5 Å². The van der Waals surface area contributed by atoms with Crippen molar-refractivity contribution in [1.82, 2.24) is 14.8 Å². The van der Waals surface area contributed by atoms with Crippen LogP contribution in [0.1, 0.15) is 37.3 Å². The van der Waals surface area contributed by atoms with E-state index in [1.807, 2.05) is 10.9 Å². The topological polar surface area (TPSA) is 50.5 Å². The molecular weight excluding hydrogens is 405 g/mol. The molecule has 3 aromatic rings. The average molecular weight is 424 g/mol. The summed E-state index contributed by atoms with van der Waals surface area (Å²) in [6, 6.07) is 7.41. The predicted octanol–water partition coefficient (Wildman–Crippen LogP) is 4.58. The number of halogens is 3. The lowest BCUT2D eigenvalue weighted by molar-refractivity contribution is -0.223. The summed E-state index contributed by atoms with van der Waals surface area (Å²) in [7, 11) is 0. The van der Waals surface area contributed by atoms with Crippen LogP contribution in [0.5, 0.6) is 0 Å². The zero-order valence-electron chi connectivity index (χ0n) is 16.6. The molecule has 1 atom stereocenters.